The zero-order valence-electron chi connectivity index (χ0n) is 20.2. The van der Waals surface area contributed by atoms with E-state index >= 15 is 0 Å². The van der Waals surface area contributed by atoms with Gasteiger partial charge in [0.2, 0.25) is 5.75 Å². The molecule has 184 valence electrons. The van der Waals surface area contributed by atoms with Crippen LogP contribution in [0.1, 0.15) is 71.7 Å². The van der Waals surface area contributed by atoms with Gasteiger partial charge in [-0.2, -0.15) is 10.4 Å². The molecule has 0 aliphatic carbocycles. The number of rotatable bonds is 7. The molecule has 4 aromatic rings. The summed E-state index contributed by atoms with van der Waals surface area (Å²) >= 11 is 0. The predicted octanol–water partition coefficient (Wildman–Crippen LogP) is 3.31. The lowest BCUT2D eigenvalue weighted by molar-refractivity contribution is 0.101. The lowest BCUT2D eigenvalue weighted by atomic mass is 9.80. The maximum absolute atomic E-state index is 13.3. The highest BCUT2D eigenvalue weighted by atomic mass is 16.5. The molecule has 11 nitrogen and oxygen atoms in total. The molecule has 1 aromatic carbocycles. The van der Waals surface area contributed by atoms with Crippen molar-refractivity contribution < 1.29 is 14.4 Å². The van der Waals surface area contributed by atoms with E-state index < -0.39 is 34.7 Å². The normalized spacial score (nSPS) is 12.8. The van der Waals surface area contributed by atoms with E-state index in [9.17, 15) is 20.0 Å². The van der Waals surface area contributed by atoms with Gasteiger partial charge >= 0.3 is 0 Å². The average molecular weight is 488 g/mol. The molecule has 0 fully saturated rings. The van der Waals surface area contributed by atoms with E-state index in [2.05, 4.69) is 26.6 Å². The highest BCUT2D eigenvalue weighted by Gasteiger charge is 2.32. The number of carbonyl (C=O) groups is 1. The summed E-state index contributed by atoms with van der Waals surface area (Å²) in [7, 11) is 1.79. The van der Waals surface area contributed by atoms with Gasteiger partial charge in [0.25, 0.3) is 11.5 Å². The first-order valence-corrected chi connectivity index (χ1v) is 11.3. The van der Waals surface area contributed by atoms with Crippen molar-refractivity contribution in [1.29, 1.82) is 5.26 Å². The lowest BCUT2D eigenvalue weighted by Gasteiger charge is -2.28. The molecular weight excluding hydrogens is 462 g/mol. The third-order valence-electron chi connectivity index (χ3n) is 5.95. The largest absolute Gasteiger partial charge is 0.501 e. The van der Waals surface area contributed by atoms with Crippen LogP contribution in [0.3, 0.4) is 0 Å². The number of hydrogen-bond acceptors (Lipinski definition) is 8. The first kappa shape index (κ1) is 24.4. The molecule has 0 radical (unpaired) electrons. The SMILES string of the molecule is CC(C)n1c([C@H](C)[C@@H](c2cnn(C)c2)c2ccccc2C#N)nc(C(=O)Nc2cnoc2)c(O)c1=O. The fourth-order valence-electron chi connectivity index (χ4n) is 4.33. The molecule has 2 atom stereocenters. The monoisotopic (exact) mass is 487 g/mol. The number of nitrogens with one attached hydrogen (secondary N) is 1. The molecule has 2 N–H and O–H groups in total. The Kier molecular flexibility index (Phi) is 6.69. The molecule has 0 spiro atoms. The van der Waals surface area contributed by atoms with Crippen molar-refractivity contribution in [2.24, 2.45) is 7.05 Å². The van der Waals surface area contributed by atoms with E-state index in [0.29, 0.717) is 5.56 Å². The number of benzene rings is 1. The van der Waals surface area contributed by atoms with E-state index in [4.69, 9.17) is 4.52 Å². The summed E-state index contributed by atoms with van der Waals surface area (Å²) in [5.74, 6) is -2.19. The fraction of sp³-hybridized carbons (Fsp3) is 0.280. The van der Waals surface area contributed by atoms with Crippen LogP contribution in [0.4, 0.5) is 5.69 Å². The van der Waals surface area contributed by atoms with Gasteiger partial charge in [0.15, 0.2) is 5.69 Å². The Morgan fingerprint density at radius 3 is 2.58 bits per heavy atom. The minimum Gasteiger partial charge on any atom is -0.501 e. The van der Waals surface area contributed by atoms with E-state index in [1.807, 2.05) is 25.3 Å². The van der Waals surface area contributed by atoms with Gasteiger partial charge < -0.3 is 14.9 Å². The summed E-state index contributed by atoms with van der Waals surface area (Å²) in [6.45, 7) is 5.45. The standard InChI is InChI=1S/C25H25N7O4/c1-14(2)32-23(30-21(22(33)25(32)35)24(34)29-18-11-28-36-13-18)15(3)20(17-10-27-31(4)12-17)19-8-6-5-7-16(19)9-26/h5-8,10-15,20,33H,1-4H3,(H,29,34)/t15-,20+/m1/s1. The van der Waals surface area contributed by atoms with Crippen LogP contribution in [-0.4, -0.2) is 35.5 Å². The topological polar surface area (TPSA) is 152 Å². The molecule has 36 heavy (non-hydrogen) atoms. The third kappa shape index (κ3) is 4.48. The minimum absolute atomic E-state index is 0.250. The molecule has 0 saturated heterocycles. The minimum atomic E-state index is -0.785. The lowest BCUT2D eigenvalue weighted by Crippen LogP contribution is -2.32. The Bertz CT molecular complexity index is 1500. The van der Waals surface area contributed by atoms with Gasteiger partial charge in [0.05, 0.1) is 24.0 Å². The number of aromatic nitrogens is 5. The van der Waals surface area contributed by atoms with Gasteiger partial charge in [-0.05, 0) is 31.0 Å². The second-order valence-corrected chi connectivity index (χ2v) is 8.72. The van der Waals surface area contributed by atoms with Gasteiger partial charge in [-0.25, -0.2) is 4.98 Å². The zero-order chi connectivity index (χ0) is 26.0. The summed E-state index contributed by atoms with van der Waals surface area (Å²) < 4.78 is 7.75. The Hall–Kier alpha value is -4.72. The van der Waals surface area contributed by atoms with E-state index in [1.165, 1.54) is 17.0 Å². The van der Waals surface area contributed by atoms with Crippen molar-refractivity contribution >= 4 is 11.6 Å². The summed E-state index contributed by atoms with van der Waals surface area (Å²) in [6, 6.07) is 9.06. The summed E-state index contributed by atoms with van der Waals surface area (Å²) in [6.07, 6.45) is 6.04. The molecule has 3 aromatic heterocycles. The smallest absolute Gasteiger partial charge is 0.296 e. The van der Waals surface area contributed by atoms with Crippen molar-refractivity contribution in [3.63, 3.8) is 0 Å². The van der Waals surface area contributed by atoms with Crippen LogP contribution < -0.4 is 10.9 Å². The Morgan fingerprint density at radius 2 is 1.97 bits per heavy atom. The Morgan fingerprint density at radius 1 is 1.22 bits per heavy atom. The quantitative estimate of drug-likeness (QED) is 0.403. The predicted molar refractivity (Wildman–Crippen MR) is 130 cm³/mol. The molecule has 0 bridgehead atoms. The van der Waals surface area contributed by atoms with Crippen LogP contribution in [-0.2, 0) is 7.05 Å². The number of carbonyl (C=O) groups excluding carboxylic acids is 1. The Balaban J connectivity index is 1.92. The Labute approximate surface area is 206 Å². The average Bonchev–Trinajstić information content (AvgIpc) is 3.52. The van der Waals surface area contributed by atoms with Crippen LogP contribution in [0.15, 0.2) is 58.4 Å². The zero-order valence-corrected chi connectivity index (χ0v) is 20.2. The number of anilines is 1. The first-order chi connectivity index (χ1) is 17.2. The summed E-state index contributed by atoms with van der Waals surface area (Å²) in [5.41, 5.74) is 1.10. The molecule has 0 aliphatic heterocycles. The molecular formula is C25H25N7O4. The maximum atomic E-state index is 13.3. The molecule has 3 heterocycles. The van der Waals surface area contributed by atoms with Gasteiger partial charge in [-0.1, -0.05) is 30.3 Å². The molecule has 0 saturated carbocycles. The molecule has 1 amide bonds. The molecule has 11 heteroatoms. The van der Waals surface area contributed by atoms with Crippen molar-refractivity contribution in [2.45, 2.75) is 38.6 Å². The van der Waals surface area contributed by atoms with Crippen LogP contribution in [0.2, 0.25) is 0 Å². The number of nitriles is 1. The number of amides is 1. The van der Waals surface area contributed by atoms with Crippen LogP contribution in [0.5, 0.6) is 5.75 Å². The highest BCUT2D eigenvalue weighted by molar-refractivity contribution is 6.04. The van der Waals surface area contributed by atoms with Crippen molar-refractivity contribution in [1.82, 2.24) is 24.5 Å². The number of aryl methyl sites for hydroxylation is 1. The second kappa shape index (κ2) is 9.87. The summed E-state index contributed by atoms with van der Waals surface area (Å²) in [4.78, 5) is 30.7. The summed E-state index contributed by atoms with van der Waals surface area (Å²) in [5, 5.41) is 30.8. The third-order valence-corrected chi connectivity index (χ3v) is 5.95. The molecule has 0 aliphatic rings. The number of nitrogens with zero attached hydrogens (tertiary/aromatic N) is 6. The molecule has 4 rings (SSSR count). The van der Waals surface area contributed by atoms with Crippen molar-refractivity contribution in [2.75, 3.05) is 5.32 Å². The second-order valence-electron chi connectivity index (χ2n) is 8.72. The van der Waals surface area contributed by atoms with Gasteiger partial charge in [0.1, 0.15) is 17.8 Å². The van der Waals surface area contributed by atoms with Crippen molar-refractivity contribution in [3.05, 3.63) is 87.7 Å². The highest BCUT2D eigenvalue weighted by Crippen LogP contribution is 2.39. The van der Waals surface area contributed by atoms with Gasteiger partial charge in [0, 0.05) is 31.1 Å². The van der Waals surface area contributed by atoms with Gasteiger partial charge in [-0.3, -0.25) is 18.8 Å². The van der Waals surface area contributed by atoms with Gasteiger partial charge in [-0.15, -0.1) is 0 Å². The van der Waals surface area contributed by atoms with Crippen LogP contribution >= 0.6 is 0 Å². The van der Waals surface area contributed by atoms with E-state index in [-0.39, 0.29) is 17.6 Å². The van der Waals surface area contributed by atoms with E-state index in [1.54, 1.807) is 43.9 Å². The van der Waals surface area contributed by atoms with Crippen molar-refractivity contribution in [3.8, 4) is 11.8 Å². The first-order valence-electron chi connectivity index (χ1n) is 11.3. The number of hydrogen-bond donors (Lipinski definition) is 2. The molecule has 0 unspecified atom stereocenters. The fourth-order valence-corrected chi connectivity index (χ4v) is 4.33. The van der Waals surface area contributed by atoms with Crippen LogP contribution in [0, 0.1) is 11.3 Å². The van der Waals surface area contributed by atoms with Crippen LogP contribution in [0.25, 0.3) is 0 Å². The maximum Gasteiger partial charge on any atom is 0.296 e. The number of aromatic hydroxyl groups is 1. The van der Waals surface area contributed by atoms with E-state index in [0.717, 1.165) is 11.1 Å².